The first kappa shape index (κ1) is 89.7. The lowest BCUT2D eigenvalue weighted by molar-refractivity contribution is 0.0632. The number of fused-ring (bicyclic) bond motifs is 2. The van der Waals surface area contributed by atoms with Crippen LogP contribution in [0.3, 0.4) is 0 Å². The maximum absolute atomic E-state index is 13.2. The van der Waals surface area contributed by atoms with Gasteiger partial charge in [0.05, 0.1) is 49.0 Å². The number of rotatable bonds is 8. The number of ether oxygens (including phenoxy) is 3. The van der Waals surface area contributed by atoms with Gasteiger partial charge in [-0.1, -0.05) is 119 Å². The number of nitrogens with one attached hydrogen (secondary N) is 4. The zero-order chi connectivity index (χ0) is 82.4. The summed E-state index contributed by atoms with van der Waals surface area (Å²) >= 11 is 32.0. The minimum absolute atomic E-state index is 0.113. The number of aliphatic hydroxyl groups is 1. The minimum atomic E-state index is -1.23. The standard InChI is InChI=1S/C18H14ClF2N5O.C12H8ClFN2O2.C12H12FN3.C10H12ClFN2O2.C7H5ClO2.C6H3ClFNO2.C5H4ClFN2.C4H10O/c19-17-14(21)5-6-16(23-17)24-18(27)25-7-8-26-15(10-25)13(9-22-26)11-1-3-12(20)4-2-11;13-11-9(14)6-7-10(15-11)16-12(17)18-8-4-2-1-3-5-8;13-10-3-1-9(2-4-10)11-7-15-16-6-5-14-8-12(11)16;1-10(2,3)16-9(15)14-7-5-4-6(12)8(11)13-7;8-7(9)10-6-4-2-1-3-5-6;7-5-3(8)1-2-4(9-5)6(10)11;6-5-3(7)1-2-4(8)9-5;1-4(2,3)5/h1-6,9H,7-8,10H2,(H,23,24,27);1-7H,(H,15,16,17);1-4,7,14H,5-6,8H2;4-5H,1-3H3,(H,13,14,15);1-5H;1-2H,(H,10,11);1-2H,(H2,8,9);5H,1-3H3. The maximum atomic E-state index is 13.2. The lowest BCUT2D eigenvalue weighted by Gasteiger charge is -2.28. The van der Waals surface area contributed by atoms with Gasteiger partial charge in [0.1, 0.15) is 57.7 Å². The first-order valence-corrected chi connectivity index (χ1v) is 34.8. The minimum Gasteiger partial charge on any atom is -0.477 e. The van der Waals surface area contributed by atoms with Crippen LogP contribution >= 0.6 is 69.6 Å². The number of hydrogen-bond donors (Lipinski definition) is 7. The van der Waals surface area contributed by atoms with Crippen molar-refractivity contribution >= 4 is 122 Å². The molecular weight excluding hydrogens is 1600 g/mol. The van der Waals surface area contributed by atoms with Crippen molar-refractivity contribution in [3.63, 3.8) is 0 Å². The molecule has 112 heavy (non-hydrogen) atoms. The first-order valence-electron chi connectivity index (χ1n) is 32.5. The number of carboxylic acid groups (broad SMARTS) is 1. The van der Waals surface area contributed by atoms with Crippen molar-refractivity contribution in [2.75, 3.05) is 34.8 Å². The van der Waals surface area contributed by atoms with E-state index in [9.17, 15) is 54.7 Å². The van der Waals surface area contributed by atoms with E-state index in [1.54, 1.807) is 132 Å². The number of aromatic nitrogens is 9. The zero-order valence-corrected chi connectivity index (χ0v) is 64.2. The monoisotopic (exact) mass is 1670 g/mol. The summed E-state index contributed by atoms with van der Waals surface area (Å²) in [6.07, 6.45) is 2.18. The molecule has 0 aliphatic carbocycles. The van der Waals surface area contributed by atoms with Crippen molar-refractivity contribution in [1.82, 2.24) is 54.7 Å². The Hall–Kier alpha value is -11.2. The van der Waals surface area contributed by atoms with Gasteiger partial charge in [-0.05, 0) is 162 Å². The van der Waals surface area contributed by atoms with Gasteiger partial charge in [-0.3, -0.25) is 25.3 Å². The molecule has 4 aromatic carbocycles. The van der Waals surface area contributed by atoms with E-state index < -0.39 is 69.0 Å². The molecule has 2 aliphatic heterocycles. The van der Waals surface area contributed by atoms with Crippen LogP contribution in [0.2, 0.25) is 25.8 Å². The average molecular weight is 1670 g/mol. The number of amides is 4. The largest absolute Gasteiger partial charge is 0.477 e. The van der Waals surface area contributed by atoms with E-state index in [1.165, 1.54) is 60.3 Å². The van der Waals surface area contributed by atoms with Crippen LogP contribution < -0.4 is 36.5 Å². The van der Waals surface area contributed by atoms with Gasteiger partial charge < -0.3 is 40.4 Å². The predicted octanol–water partition coefficient (Wildman–Crippen LogP) is 18.7. The summed E-state index contributed by atoms with van der Waals surface area (Å²) in [6, 6.07) is 41.3. The summed E-state index contributed by atoms with van der Waals surface area (Å²) in [5.74, 6) is -3.47. The fourth-order valence-electron chi connectivity index (χ4n) is 8.67. The molecule has 25 nitrogen and oxygen atoms in total. The quantitative estimate of drug-likeness (QED) is 0.0422. The number of hydrogen-bond acceptors (Lipinski definition) is 18. The van der Waals surface area contributed by atoms with Crippen LogP contribution in [-0.4, -0.2) is 114 Å². The van der Waals surface area contributed by atoms with Crippen LogP contribution in [0.1, 0.15) is 63.4 Å². The van der Waals surface area contributed by atoms with Gasteiger partial charge in [0.15, 0.2) is 54.9 Å². The molecule has 0 spiro atoms. The number of anilines is 4. The van der Waals surface area contributed by atoms with Gasteiger partial charge in [0.2, 0.25) is 0 Å². The molecule has 0 unspecified atom stereocenters. The Labute approximate surface area is 665 Å². The Morgan fingerprint density at radius 1 is 0.491 bits per heavy atom. The SMILES string of the molecule is CC(C)(C)O.CC(C)(C)OC(=O)Nc1ccc(F)c(Cl)n1.Fc1ccc(-c2cnn3c2CNCC3)cc1.Nc1ccc(F)c(Cl)n1.O=C(Cl)Oc1ccccc1.O=C(Nc1ccc(F)c(Cl)n1)N1CCn2ncc(-c3ccc(F)cc3)c2C1.O=C(Nc1ccc(F)c(Cl)n1)Oc1ccccc1.O=C(O)c1ccc(F)c(Cl)n1. The Bertz CT molecular complexity index is 4960. The van der Waals surface area contributed by atoms with E-state index in [-0.39, 0.29) is 67.2 Å². The fraction of sp³-hybridized carbons (Fsp3) is 0.189. The molecule has 2 aliphatic rings. The number of urea groups is 1. The van der Waals surface area contributed by atoms with Gasteiger partial charge in [-0.15, -0.1) is 0 Å². The second-order valence-corrected chi connectivity index (χ2v) is 26.6. The number of pyridine rings is 5. The third kappa shape index (κ3) is 31.6. The van der Waals surface area contributed by atoms with Gasteiger partial charge in [0, 0.05) is 42.4 Å². The maximum Gasteiger partial charge on any atom is 0.418 e. The molecule has 7 aromatic heterocycles. The summed E-state index contributed by atoms with van der Waals surface area (Å²) in [6.45, 7) is 14.4. The Balaban J connectivity index is 0.000000207. The lowest BCUT2D eigenvalue weighted by atomic mass is 10.1. The molecule has 0 radical (unpaired) electrons. The van der Waals surface area contributed by atoms with Crippen molar-refractivity contribution in [2.24, 2.45) is 0 Å². The van der Waals surface area contributed by atoms with Crippen molar-refractivity contribution in [2.45, 2.75) is 78.9 Å². The number of nitrogen functional groups attached to an aromatic ring is 1. The number of carbonyl (C=O) groups is 5. The van der Waals surface area contributed by atoms with Gasteiger partial charge in [-0.2, -0.15) is 10.2 Å². The van der Waals surface area contributed by atoms with Crippen LogP contribution in [-0.2, 0) is 30.9 Å². The average Bonchev–Trinajstić information content (AvgIpc) is 1.65. The molecule has 8 N–H and O–H groups in total. The summed E-state index contributed by atoms with van der Waals surface area (Å²) in [4.78, 5) is 75.1. The number of para-hydroxylation sites is 2. The molecule has 0 saturated carbocycles. The molecule has 0 saturated heterocycles. The Morgan fingerprint density at radius 3 is 1.31 bits per heavy atom. The molecule has 13 rings (SSSR count). The smallest absolute Gasteiger partial charge is 0.418 e. The molecule has 4 amide bonds. The summed E-state index contributed by atoms with van der Waals surface area (Å²) in [5.41, 5.74) is 8.79. The van der Waals surface area contributed by atoms with Gasteiger partial charge in [-0.25, -0.2) is 79.6 Å². The van der Waals surface area contributed by atoms with E-state index in [2.05, 4.69) is 61.1 Å². The zero-order valence-electron chi connectivity index (χ0n) is 59.7. The number of carboxylic acids is 1. The van der Waals surface area contributed by atoms with Crippen LogP contribution in [0.5, 0.6) is 11.5 Å². The van der Waals surface area contributed by atoms with E-state index in [1.807, 2.05) is 21.6 Å². The van der Waals surface area contributed by atoms with Crippen molar-refractivity contribution in [1.29, 1.82) is 0 Å². The van der Waals surface area contributed by atoms with Crippen LogP contribution in [0.15, 0.2) is 182 Å². The topological polar surface area (TPSA) is 331 Å². The van der Waals surface area contributed by atoms with Gasteiger partial charge in [0.25, 0.3) is 0 Å². The third-order valence-corrected chi connectivity index (χ3v) is 14.9. The second-order valence-electron chi connectivity index (χ2n) is 24.5. The van der Waals surface area contributed by atoms with Crippen LogP contribution in [0, 0.1) is 40.7 Å². The molecular formula is C74H68Cl6F7N15O10. The predicted molar refractivity (Wildman–Crippen MR) is 410 cm³/mol. The summed E-state index contributed by atoms with van der Waals surface area (Å²) in [7, 11) is 0. The number of carbonyl (C=O) groups excluding carboxylic acids is 4. The third-order valence-electron chi connectivity index (χ3n) is 13.5. The number of halogens is 13. The number of nitrogens with zero attached hydrogens (tertiary/aromatic N) is 10. The van der Waals surface area contributed by atoms with E-state index in [0.717, 1.165) is 77.9 Å². The highest BCUT2D eigenvalue weighted by Crippen LogP contribution is 2.29. The van der Waals surface area contributed by atoms with E-state index in [0.29, 0.717) is 31.1 Å². The Kier molecular flexibility index (Phi) is 34.7. The lowest BCUT2D eigenvalue weighted by Crippen LogP contribution is -2.41. The fourth-order valence-corrected chi connectivity index (χ4v) is 9.54. The van der Waals surface area contributed by atoms with E-state index in [4.69, 9.17) is 95.0 Å². The van der Waals surface area contributed by atoms with Crippen molar-refractivity contribution < 1.29 is 79.1 Å². The molecule has 9 heterocycles. The van der Waals surface area contributed by atoms with E-state index >= 15 is 0 Å². The first-order chi connectivity index (χ1) is 52.9. The molecule has 0 fully saturated rings. The van der Waals surface area contributed by atoms with Crippen molar-refractivity contribution in [3.05, 3.63) is 266 Å². The van der Waals surface area contributed by atoms with Crippen LogP contribution in [0.4, 0.5) is 73.2 Å². The molecule has 11 aromatic rings. The van der Waals surface area contributed by atoms with Crippen LogP contribution in [0.25, 0.3) is 22.3 Å². The second kappa shape index (κ2) is 43.4. The molecule has 0 bridgehead atoms. The highest BCUT2D eigenvalue weighted by atomic mass is 35.5. The molecule has 0 atom stereocenters. The normalized spacial score (nSPS) is 11.6. The number of nitrogens with two attached hydrogens (primary N) is 1. The Morgan fingerprint density at radius 2 is 0.893 bits per heavy atom. The summed E-state index contributed by atoms with van der Waals surface area (Å²) < 4.78 is 108. The molecule has 38 heteroatoms. The number of benzene rings is 4. The van der Waals surface area contributed by atoms with Gasteiger partial charge >= 0.3 is 29.6 Å². The summed E-state index contributed by atoms with van der Waals surface area (Å²) in [5, 5.41) is 34.6. The highest BCUT2D eigenvalue weighted by Gasteiger charge is 2.26. The molecule has 590 valence electrons. The highest BCUT2D eigenvalue weighted by molar-refractivity contribution is 6.61. The van der Waals surface area contributed by atoms with Crippen molar-refractivity contribution in [3.8, 4) is 33.8 Å². The number of aromatic carboxylic acids is 1.